The molecule has 1 aromatic heterocycles. The number of nitrogens with two attached hydrogens (primary N) is 1. The summed E-state index contributed by atoms with van der Waals surface area (Å²) in [7, 11) is 0. The number of hydrogen-bond donors (Lipinski definition) is 2. The van der Waals surface area contributed by atoms with Crippen molar-refractivity contribution in [3.63, 3.8) is 0 Å². The number of rotatable bonds is 7. The Bertz CT molecular complexity index is 317. The molecule has 1 atom stereocenters. The van der Waals surface area contributed by atoms with Crippen LogP contribution in [-0.4, -0.2) is 22.6 Å². The van der Waals surface area contributed by atoms with E-state index >= 15 is 0 Å². The molecule has 1 unspecified atom stereocenters. The van der Waals surface area contributed by atoms with Crippen molar-refractivity contribution in [3.8, 4) is 0 Å². The number of imidazole rings is 1. The Kier molecular flexibility index (Phi) is 3.96. The van der Waals surface area contributed by atoms with Gasteiger partial charge < -0.3 is 15.6 Å². The molecule has 4 heteroatoms. The molecule has 3 N–H and O–H groups in total. The summed E-state index contributed by atoms with van der Waals surface area (Å²) in [6, 6.07) is 0. The van der Waals surface area contributed by atoms with Crippen LogP contribution in [0.25, 0.3) is 0 Å². The van der Waals surface area contributed by atoms with Gasteiger partial charge >= 0.3 is 0 Å². The zero-order chi connectivity index (χ0) is 11.4. The summed E-state index contributed by atoms with van der Waals surface area (Å²) < 4.78 is 2.04. The third kappa shape index (κ3) is 3.32. The van der Waals surface area contributed by atoms with Crippen LogP contribution in [0.2, 0.25) is 0 Å². The van der Waals surface area contributed by atoms with Gasteiger partial charge in [0.1, 0.15) is 0 Å². The monoisotopic (exact) mass is 222 g/mol. The molecule has 1 fully saturated rings. The van der Waals surface area contributed by atoms with E-state index in [4.69, 9.17) is 5.73 Å². The maximum Gasteiger partial charge on any atom is 0.0950 e. The van der Waals surface area contributed by atoms with Crippen LogP contribution in [0.1, 0.15) is 25.5 Å². The number of hydrogen-bond acceptors (Lipinski definition) is 3. The first kappa shape index (κ1) is 11.6. The predicted octanol–water partition coefficient (Wildman–Crippen LogP) is 0.977. The second-order valence-electron chi connectivity index (χ2n) is 4.84. The van der Waals surface area contributed by atoms with Crippen molar-refractivity contribution in [2.24, 2.45) is 17.6 Å². The summed E-state index contributed by atoms with van der Waals surface area (Å²) in [5.41, 5.74) is 6.59. The Morgan fingerprint density at radius 2 is 2.44 bits per heavy atom. The third-order valence-corrected chi connectivity index (χ3v) is 3.27. The minimum atomic E-state index is 0.669. The molecule has 0 saturated heterocycles. The van der Waals surface area contributed by atoms with Crippen molar-refractivity contribution in [3.05, 3.63) is 18.2 Å². The molecule has 1 aromatic rings. The summed E-state index contributed by atoms with van der Waals surface area (Å²) in [5.74, 6) is 1.79. The molecular weight excluding hydrogens is 200 g/mol. The van der Waals surface area contributed by atoms with E-state index in [0.29, 0.717) is 6.54 Å². The van der Waals surface area contributed by atoms with Crippen LogP contribution in [-0.2, 0) is 13.1 Å². The molecule has 2 rings (SSSR count). The van der Waals surface area contributed by atoms with E-state index in [1.54, 1.807) is 0 Å². The van der Waals surface area contributed by atoms with Crippen LogP contribution >= 0.6 is 0 Å². The second kappa shape index (κ2) is 5.46. The van der Waals surface area contributed by atoms with Crippen LogP contribution in [0, 0.1) is 11.8 Å². The molecular formula is C12H22N4. The van der Waals surface area contributed by atoms with E-state index < -0.39 is 0 Å². The van der Waals surface area contributed by atoms with Crippen LogP contribution in [0.4, 0.5) is 0 Å². The zero-order valence-electron chi connectivity index (χ0n) is 10.0. The fraction of sp³-hybridized carbons (Fsp3) is 0.750. The Balaban J connectivity index is 1.67. The fourth-order valence-corrected chi connectivity index (χ4v) is 2.03. The maximum absolute atomic E-state index is 5.49. The molecule has 1 saturated carbocycles. The lowest BCUT2D eigenvalue weighted by Crippen LogP contribution is -2.22. The first-order valence-corrected chi connectivity index (χ1v) is 6.21. The van der Waals surface area contributed by atoms with Gasteiger partial charge in [-0.15, -0.1) is 0 Å². The van der Waals surface area contributed by atoms with Crippen LogP contribution in [0.5, 0.6) is 0 Å². The van der Waals surface area contributed by atoms with Gasteiger partial charge in [-0.2, -0.15) is 0 Å². The zero-order valence-corrected chi connectivity index (χ0v) is 10.0. The summed E-state index contributed by atoms with van der Waals surface area (Å²) in [6.07, 6.45) is 6.78. The molecule has 4 nitrogen and oxygen atoms in total. The van der Waals surface area contributed by atoms with Gasteiger partial charge in [0.2, 0.25) is 0 Å². The van der Waals surface area contributed by atoms with Crippen molar-refractivity contribution in [1.29, 1.82) is 0 Å². The van der Waals surface area contributed by atoms with Gasteiger partial charge in [-0.05, 0) is 31.2 Å². The molecule has 90 valence electrons. The molecule has 0 bridgehead atoms. The van der Waals surface area contributed by atoms with Crippen LogP contribution in [0.3, 0.4) is 0 Å². The molecule has 0 aromatic carbocycles. The van der Waals surface area contributed by atoms with Gasteiger partial charge in [0, 0.05) is 25.8 Å². The SMILES string of the molecule is CC(CNCc1cn(CCN)cn1)C1CC1. The van der Waals surface area contributed by atoms with Gasteiger partial charge in [-0.1, -0.05) is 6.92 Å². The minimum absolute atomic E-state index is 0.669. The molecule has 0 spiro atoms. The average molecular weight is 222 g/mol. The van der Waals surface area contributed by atoms with E-state index in [1.807, 2.05) is 10.9 Å². The average Bonchev–Trinajstić information content (AvgIpc) is 3.02. The standard InChI is InChI=1S/C12H22N4/c1-10(11-2-3-11)6-14-7-12-8-16(5-4-13)9-15-12/h8-11,14H,2-7,13H2,1H3. The van der Waals surface area contributed by atoms with Gasteiger partial charge in [-0.3, -0.25) is 0 Å². The highest BCUT2D eigenvalue weighted by molar-refractivity contribution is 4.96. The molecule has 0 amide bonds. The maximum atomic E-state index is 5.49. The van der Waals surface area contributed by atoms with Gasteiger partial charge in [0.15, 0.2) is 0 Å². The third-order valence-electron chi connectivity index (χ3n) is 3.27. The molecule has 0 radical (unpaired) electrons. The van der Waals surface area contributed by atoms with Crippen molar-refractivity contribution in [1.82, 2.24) is 14.9 Å². The lowest BCUT2D eigenvalue weighted by Gasteiger charge is -2.09. The molecule has 0 aliphatic heterocycles. The van der Waals surface area contributed by atoms with Crippen molar-refractivity contribution < 1.29 is 0 Å². The summed E-state index contributed by atoms with van der Waals surface area (Å²) in [4.78, 5) is 4.34. The lowest BCUT2D eigenvalue weighted by molar-refractivity contribution is 0.460. The van der Waals surface area contributed by atoms with Crippen molar-refractivity contribution >= 4 is 0 Å². The largest absolute Gasteiger partial charge is 0.336 e. The van der Waals surface area contributed by atoms with Crippen molar-refractivity contribution in [2.45, 2.75) is 32.9 Å². The Labute approximate surface area is 97.2 Å². The van der Waals surface area contributed by atoms with E-state index in [0.717, 1.165) is 37.2 Å². The number of nitrogens with one attached hydrogen (secondary N) is 1. The second-order valence-corrected chi connectivity index (χ2v) is 4.84. The summed E-state index contributed by atoms with van der Waals surface area (Å²) >= 11 is 0. The van der Waals surface area contributed by atoms with Crippen LogP contribution in [0.15, 0.2) is 12.5 Å². The Morgan fingerprint density at radius 1 is 1.62 bits per heavy atom. The van der Waals surface area contributed by atoms with Gasteiger partial charge in [-0.25, -0.2) is 4.98 Å². The highest BCUT2D eigenvalue weighted by atomic mass is 15.0. The molecule has 1 aliphatic carbocycles. The minimum Gasteiger partial charge on any atom is -0.336 e. The van der Waals surface area contributed by atoms with E-state index in [1.165, 1.54) is 12.8 Å². The quantitative estimate of drug-likeness (QED) is 0.723. The smallest absolute Gasteiger partial charge is 0.0950 e. The van der Waals surface area contributed by atoms with Crippen molar-refractivity contribution in [2.75, 3.05) is 13.1 Å². The topological polar surface area (TPSA) is 55.9 Å². The fourth-order valence-electron chi connectivity index (χ4n) is 2.03. The molecule has 1 aliphatic rings. The highest BCUT2D eigenvalue weighted by Gasteiger charge is 2.27. The van der Waals surface area contributed by atoms with E-state index in [2.05, 4.69) is 23.4 Å². The lowest BCUT2D eigenvalue weighted by atomic mass is 10.1. The normalized spacial score (nSPS) is 17.6. The highest BCUT2D eigenvalue weighted by Crippen LogP contribution is 2.36. The predicted molar refractivity (Wildman–Crippen MR) is 64.9 cm³/mol. The van der Waals surface area contributed by atoms with E-state index in [9.17, 15) is 0 Å². The summed E-state index contributed by atoms with van der Waals surface area (Å²) in [6.45, 7) is 5.83. The summed E-state index contributed by atoms with van der Waals surface area (Å²) in [5, 5.41) is 3.47. The Hall–Kier alpha value is -0.870. The number of aromatic nitrogens is 2. The Morgan fingerprint density at radius 3 is 3.12 bits per heavy atom. The number of nitrogens with zero attached hydrogens (tertiary/aromatic N) is 2. The van der Waals surface area contributed by atoms with Crippen LogP contribution < -0.4 is 11.1 Å². The van der Waals surface area contributed by atoms with Gasteiger partial charge in [0.25, 0.3) is 0 Å². The first-order chi connectivity index (χ1) is 7.79. The first-order valence-electron chi connectivity index (χ1n) is 6.21. The van der Waals surface area contributed by atoms with E-state index in [-0.39, 0.29) is 0 Å². The molecule has 1 heterocycles. The molecule has 16 heavy (non-hydrogen) atoms. The van der Waals surface area contributed by atoms with Gasteiger partial charge in [0.05, 0.1) is 12.0 Å².